The Bertz CT molecular complexity index is 304. The molecule has 0 aromatic rings. The van der Waals surface area contributed by atoms with Gasteiger partial charge in [-0.05, 0) is 0 Å². The molecule has 0 amide bonds. The van der Waals surface area contributed by atoms with Gasteiger partial charge in [0, 0.05) is 0 Å². The van der Waals surface area contributed by atoms with E-state index in [0.717, 1.165) is 3.21 Å². The van der Waals surface area contributed by atoms with Crippen molar-refractivity contribution in [2.75, 3.05) is 0 Å². The molecule has 13 heavy (non-hydrogen) atoms. The third-order valence-electron chi connectivity index (χ3n) is 2.95. The van der Waals surface area contributed by atoms with Crippen molar-refractivity contribution in [1.29, 1.82) is 0 Å². The molecule has 0 aliphatic heterocycles. The summed E-state index contributed by atoms with van der Waals surface area (Å²) < 4.78 is 1.13. The summed E-state index contributed by atoms with van der Waals surface area (Å²) in [6.07, 6.45) is 0.675. The molecule has 1 aliphatic carbocycles. The van der Waals surface area contributed by atoms with E-state index in [9.17, 15) is 9.59 Å². The first-order chi connectivity index (χ1) is 5.72. The number of hydrogen-bond donors (Lipinski definition) is 0. The van der Waals surface area contributed by atoms with Crippen LogP contribution in [0.4, 0.5) is 0 Å². The van der Waals surface area contributed by atoms with E-state index in [0.29, 0.717) is 6.42 Å². The Morgan fingerprint density at radius 3 is 1.85 bits per heavy atom. The normalized spacial score (nSPS) is 32.5. The third kappa shape index (κ3) is 1.56. The van der Waals surface area contributed by atoms with Gasteiger partial charge in [0.15, 0.2) is 0 Å². The number of carbonyl (C=O) groups excluding carboxylic acids is 2. The second-order valence-electron chi connectivity index (χ2n) is 4.68. The average molecular weight is 257 g/mol. The third-order valence-corrected chi connectivity index (χ3v) is 4.30. The van der Waals surface area contributed by atoms with Crippen LogP contribution >= 0.6 is 0 Å². The molecule has 1 atom stereocenters. The van der Waals surface area contributed by atoms with Crippen LogP contribution in [0.3, 0.4) is 0 Å². The fourth-order valence-corrected chi connectivity index (χ4v) is 2.40. The van der Waals surface area contributed by atoms with Gasteiger partial charge in [-0.1, -0.05) is 0 Å². The summed E-state index contributed by atoms with van der Waals surface area (Å²) in [6.45, 7) is 7.58. The van der Waals surface area contributed by atoms with Crippen LogP contribution in [0.2, 0.25) is 0 Å². The van der Waals surface area contributed by atoms with Gasteiger partial charge in [-0.2, -0.15) is 0 Å². The predicted molar refractivity (Wildman–Crippen MR) is 47.2 cm³/mol. The van der Waals surface area contributed by atoms with Crippen molar-refractivity contribution < 1.29 is 33.8 Å². The summed E-state index contributed by atoms with van der Waals surface area (Å²) in [5.74, 6) is -0.386. The van der Waals surface area contributed by atoms with Crippen LogP contribution in [0, 0.1) is 10.8 Å². The van der Waals surface area contributed by atoms with Gasteiger partial charge < -0.3 is 0 Å². The van der Waals surface area contributed by atoms with Gasteiger partial charge in [0.2, 0.25) is 0 Å². The van der Waals surface area contributed by atoms with Gasteiger partial charge in [-0.25, -0.2) is 0 Å². The van der Waals surface area contributed by atoms with Gasteiger partial charge in [-0.3, -0.25) is 0 Å². The monoisotopic (exact) mass is 256 g/mol. The van der Waals surface area contributed by atoms with E-state index in [1.807, 2.05) is 27.7 Å². The topological polar surface area (TPSA) is 34.1 Å². The summed E-state index contributed by atoms with van der Waals surface area (Å²) in [6, 6.07) is 0. The minimum atomic E-state index is -0.473. The number of ketones is 2. The molecule has 0 heterocycles. The molecule has 0 aromatic carbocycles. The molecule has 1 saturated carbocycles. The first-order valence-electron chi connectivity index (χ1n) is 4.37. The van der Waals surface area contributed by atoms with Crippen LogP contribution in [0.15, 0.2) is 0 Å². The fourth-order valence-electron chi connectivity index (χ4n) is 1.91. The fraction of sp³-hybridized carbons (Fsp3) is 0.700. The Morgan fingerprint density at radius 1 is 1.23 bits per heavy atom. The molecule has 0 aromatic heterocycles. The molecule has 1 aliphatic rings. The number of Topliss-reactive ketones (excluding diaryl/α,β-unsaturated/α-hetero) is 2. The van der Waals surface area contributed by atoms with E-state index < -0.39 is 10.8 Å². The van der Waals surface area contributed by atoms with Crippen molar-refractivity contribution in [2.45, 2.75) is 34.1 Å². The van der Waals surface area contributed by atoms with E-state index in [1.165, 1.54) is 24.2 Å². The summed E-state index contributed by atoms with van der Waals surface area (Å²) in [5.41, 5.74) is -0.928. The van der Waals surface area contributed by atoms with Gasteiger partial charge in [-0.15, -0.1) is 0 Å². The Hall–Kier alpha value is 0.0931. The molecule has 0 spiro atoms. The van der Waals surface area contributed by atoms with Crippen molar-refractivity contribution in [3.05, 3.63) is 0 Å². The van der Waals surface area contributed by atoms with E-state index in [1.54, 1.807) is 0 Å². The molecular formula is C10H14O2Zr+2. The van der Waals surface area contributed by atoms with Crippen LogP contribution in [0.1, 0.15) is 34.1 Å². The maximum atomic E-state index is 11.7. The molecule has 68 valence electrons. The summed E-state index contributed by atoms with van der Waals surface area (Å²) in [7, 11) is 0. The quantitative estimate of drug-likeness (QED) is 0.664. The van der Waals surface area contributed by atoms with Crippen LogP contribution in [0.5, 0.6) is 0 Å². The second-order valence-corrected chi connectivity index (χ2v) is 6.52. The number of hydrogen-bond acceptors (Lipinski definition) is 2. The molecular weight excluding hydrogens is 243 g/mol. The van der Waals surface area contributed by atoms with Crippen LogP contribution < -0.4 is 0 Å². The van der Waals surface area contributed by atoms with Crippen molar-refractivity contribution in [3.63, 3.8) is 0 Å². The van der Waals surface area contributed by atoms with Crippen LogP contribution in [-0.4, -0.2) is 14.8 Å². The second kappa shape index (κ2) is 3.05. The molecule has 1 rings (SSSR count). The van der Waals surface area contributed by atoms with Crippen LogP contribution in [0.25, 0.3) is 0 Å². The first kappa shape index (κ1) is 11.2. The van der Waals surface area contributed by atoms with Gasteiger partial charge >= 0.3 is 93.5 Å². The van der Waals surface area contributed by atoms with E-state index >= 15 is 0 Å². The SMILES string of the molecule is C[C](=[Zr+2])C1(C)CC(C)(C)C(=O)C1=O. The Balaban J connectivity index is 3.17. The molecule has 0 N–H and O–H groups in total. The number of rotatable bonds is 1. The zero-order valence-electron chi connectivity index (χ0n) is 8.52. The van der Waals surface area contributed by atoms with Gasteiger partial charge in [0.25, 0.3) is 0 Å². The summed E-state index contributed by atoms with van der Waals surface area (Å²) in [5, 5.41) is 0. The molecule has 0 radical (unpaired) electrons. The number of carbonyl (C=O) groups is 2. The predicted octanol–water partition coefficient (Wildman–Crippen LogP) is 1.30. The Labute approximate surface area is 93.4 Å². The molecule has 3 heteroatoms. The van der Waals surface area contributed by atoms with Crippen molar-refractivity contribution in [2.24, 2.45) is 10.8 Å². The Kier molecular flexibility index (Phi) is 2.62. The molecule has 2 nitrogen and oxygen atoms in total. The first-order valence-corrected chi connectivity index (χ1v) is 5.59. The van der Waals surface area contributed by atoms with Crippen LogP contribution in [-0.2, 0) is 33.8 Å². The zero-order chi connectivity index (χ0) is 10.4. The van der Waals surface area contributed by atoms with Crippen molar-refractivity contribution in [3.8, 4) is 0 Å². The maximum absolute atomic E-state index is 11.7. The Morgan fingerprint density at radius 2 is 1.69 bits per heavy atom. The molecule has 1 fully saturated rings. The average Bonchev–Trinajstić information content (AvgIpc) is 2.13. The van der Waals surface area contributed by atoms with Gasteiger partial charge in [0.1, 0.15) is 0 Å². The molecule has 0 saturated heterocycles. The van der Waals surface area contributed by atoms with E-state index in [4.69, 9.17) is 0 Å². The summed E-state index contributed by atoms with van der Waals surface area (Å²) >= 11 is 1.25. The molecule has 0 bridgehead atoms. The summed E-state index contributed by atoms with van der Waals surface area (Å²) in [4.78, 5) is 23.3. The minimum absolute atomic E-state index is 0.188. The zero-order valence-corrected chi connectivity index (χ0v) is 11.0. The standard InChI is InChI=1S/C10H14O2.Zr/c1-5-10(4)6-9(2,3)7(11)8(10)12;/h6H2,1-4H3;/q;+2. The van der Waals surface area contributed by atoms with Crippen molar-refractivity contribution in [1.82, 2.24) is 0 Å². The van der Waals surface area contributed by atoms with Crippen molar-refractivity contribution >= 4 is 14.8 Å². The van der Waals surface area contributed by atoms with E-state index in [2.05, 4.69) is 0 Å². The van der Waals surface area contributed by atoms with E-state index in [-0.39, 0.29) is 11.6 Å². The molecule has 1 unspecified atom stereocenters. The van der Waals surface area contributed by atoms with Gasteiger partial charge in [0.05, 0.1) is 0 Å².